The number of carbonyl (C=O) groups is 4. The minimum Gasteiger partial charge on any atom is -0.490 e. The summed E-state index contributed by atoms with van der Waals surface area (Å²) in [5.41, 5.74) is 0.964. The third-order valence-corrected chi connectivity index (χ3v) is 9.02. The minimum atomic E-state index is -0.726. The maximum atomic E-state index is 13.9. The number of nitrogens with zero attached hydrogens (tertiary/aromatic N) is 2. The summed E-state index contributed by atoms with van der Waals surface area (Å²) in [4.78, 5) is 59.3. The smallest absolute Gasteiger partial charge is 0.251 e. The van der Waals surface area contributed by atoms with Crippen molar-refractivity contribution < 1.29 is 28.8 Å². The van der Waals surface area contributed by atoms with Crippen LogP contribution in [0.2, 0.25) is 0 Å². The van der Waals surface area contributed by atoms with Crippen LogP contribution in [0, 0.1) is 17.3 Å². The zero-order chi connectivity index (χ0) is 33.1. The molecule has 10 heteroatoms. The Kier molecular flexibility index (Phi) is 12.6. The molecule has 1 saturated heterocycles. The second-order valence-electron chi connectivity index (χ2n) is 13.6. The Hall–Kier alpha value is -3.92. The SMILES string of the molecule is CNC(=O)c1ccc(OC2CCN(C(=O)[C@@H](NC(=O)C(CC3CCCC3)CN(C=O)OCc3ccccc3)C(C)(C)C)CC2)cc1. The van der Waals surface area contributed by atoms with Crippen molar-refractivity contribution in [3.8, 4) is 5.75 Å². The fourth-order valence-electron chi connectivity index (χ4n) is 6.30. The van der Waals surface area contributed by atoms with Crippen LogP contribution in [0.5, 0.6) is 5.75 Å². The molecule has 0 bridgehead atoms. The van der Waals surface area contributed by atoms with Crippen molar-refractivity contribution in [1.82, 2.24) is 20.6 Å². The first kappa shape index (κ1) is 34.9. The van der Waals surface area contributed by atoms with Crippen LogP contribution in [0.15, 0.2) is 54.6 Å². The molecule has 46 heavy (non-hydrogen) atoms. The molecule has 0 radical (unpaired) electrons. The maximum absolute atomic E-state index is 13.9. The van der Waals surface area contributed by atoms with Crippen molar-refractivity contribution in [2.24, 2.45) is 17.3 Å². The van der Waals surface area contributed by atoms with E-state index in [1.54, 1.807) is 31.3 Å². The van der Waals surface area contributed by atoms with Crippen LogP contribution < -0.4 is 15.4 Å². The second-order valence-corrected chi connectivity index (χ2v) is 13.6. The number of rotatable bonds is 14. The Bertz CT molecular complexity index is 1280. The van der Waals surface area contributed by atoms with Crippen LogP contribution in [0.3, 0.4) is 0 Å². The molecule has 1 unspecified atom stereocenters. The van der Waals surface area contributed by atoms with E-state index in [1.807, 2.05) is 56.0 Å². The van der Waals surface area contributed by atoms with Gasteiger partial charge < -0.3 is 20.3 Å². The molecule has 1 saturated carbocycles. The average molecular weight is 635 g/mol. The number of hydrogen-bond acceptors (Lipinski definition) is 6. The number of carbonyl (C=O) groups excluding carboxylic acids is 4. The summed E-state index contributed by atoms with van der Waals surface area (Å²) in [5, 5.41) is 6.94. The Morgan fingerprint density at radius 2 is 1.63 bits per heavy atom. The van der Waals surface area contributed by atoms with E-state index in [-0.39, 0.29) is 37.0 Å². The van der Waals surface area contributed by atoms with Gasteiger partial charge in [-0.05, 0) is 47.6 Å². The molecule has 250 valence electrons. The number of likely N-dealkylation sites (tertiary alicyclic amines) is 1. The summed E-state index contributed by atoms with van der Waals surface area (Å²) in [7, 11) is 1.59. The molecule has 2 fully saturated rings. The topological polar surface area (TPSA) is 117 Å². The third-order valence-electron chi connectivity index (χ3n) is 9.02. The Labute approximate surface area is 273 Å². The Morgan fingerprint density at radius 3 is 2.22 bits per heavy atom. The van der Waals surface area contributed by atoms with Gasteiger partial charge in [-0.1, -0.05) is 76.8 Å². The van der Waals surface area contributed by atoms with Crippen LogP contribution in [-0.2, 0) is 25.8 Å². The van der Waals surface area contributed by atoms with E-state index in [0.717, 1.165) is 31.2 Å². The maximum Gasteiger partial charge on any atom is 0.251 e. The van der Waals surface area contributed by atoms with Crippen LogP contribution in [0.25, 0.3) is 0 Å². The van der Waals surface area contributed by atoms with Gasteiger partial charge >= 0.3 is 0 Å². The average Bonchev–Trinajstić information content (AvgIpc) is 3.58. The summed E-state index contributed by atoms with van der Waals surface area (Å²) in [6, 6.07) is 15.9. The summed E-state index contributed by atoms with van der Waals surface area (Å²) in [5.74, 6) is 0.0934. The second kappa shape index (κ2) is 16.6. The van der Waals surface area contributed by atoms with Gasteiger partial charge in [-0.15, -0.1) is 0 Å². The lowest BCUT2D eigenvalue weighted by Gasteiger charge is -2.39. The minimum absolute atomic E-state index is 0.0569. The van der Waals surface area contributed by atoms with E-state index in [0.29, 0.717) is 56.0 Å². The highest BCUT2D eigenvalue weighted by atomic mass is 16.7. The standard InChI is InChI=1S/C36H50N4O6/c1-36(2,3)32(35(44)39-20-18-31(19-21-39)46-30-16-14-28(15-17-30)33(42)37-4)38-34(43)29(22-26-10-8-9-11-26)23-40(25-41)45-24-27-12-6-5-7-13-27/h5-7,12-17,25-26,29,31-32H,8-11,18-24H2,1-4H3,(H,37,42)(H,38,43)/t29?,32-/m1/s1. The van der Waals surface area contributed by atoms with Crippen LogP contribution >= 0.6 is 0 Å². The van der Waals surface area contributed by atoms with Gasteiger partial charge in [-0.2, -0.15) is 0 Å². The van der Waals surface area contributed by atoms with Gasteiger partial charge in [-0.25, -0.2) is 5.06 Å². The van der Waals surface area contributed by atoms with E-state index in [2.05, 4.69) is 10.6 Å². The molecule has 2 aromatic rings. The molecule has 0 aromatic heterocycles. The lowest BCUT2D eigenvalue weighted by atomic mass is 9.84. The largest absolute Gasteiger partial charge is 0.490 e. The zero-order valence-corrected chi connectivity index (χ0v) is 27.7. The number of hydrogen-bond donors (Lipinski definition) is 2. The number of nitrogens with one attached hydrogen (secondary N) is 2. The summed E-state index contributed by atoms with van der Waals surface area (Å²) in [6.45, 7) is 7.25. The summed E-state index contributed by atoms with van der Waals surface area (Å²) >= 11 is 0. The molecule has 10 nitrogen and oxygen atoms in total. The Balaban J connectivity index is 1.37. The number of ether oxygens (including phenoxy) is 1. The molecule has 1 aliphatic heterocycles. The van der Waals surface area contributed by atoms with Crippen molar-refractivity contribution in [2.45, 2.75) is 84.5 Å². The van der Waals surface area contributed by atoms with Crippen LogP contribution in [0.1, 0.15) is 81.6 Å². The summed E-state index contributed by atoms with van der Waals surface area (Å²) in [6.07, 6.45) is 6.94. The molecule has 1 aliphatic carbocycles. The molecule has 1 heterocycles. The first-order valence-corrected chi connectivity index (χ1v) is 16.5. The molecule has 2 atom stereocenters. The normalized spacial score (nSPS) is 17.2. The van der Waals surface area contributed by atoms with Crippen molar-refractivity contribution in [3.63, 3.8) is 0 Å². The highest BCUT2D eigenvalue weighted by molar-refractivity contribution is 5.94. The van der Waals surface area contributed by atoms with Gasteiger partial charge in [-0.3, -0.25) is 24.0 Å². The van der Waals surface area contributed by atoms with Gasteiger partial charge in [0.25, 0.3) is 5.91 Å². The molecule has 2 N–H and O–H groups in total. The lowest BCUT2D eigenvalue weighted by Crippen LogP contribution is -2.58. The first-order valence-electron chi connectivity index (χ1n) is 16.5. The molecular formula is C36H50N4O6. The van der Waals surface area contributed by atoms with E-state index in [1.165, 1.54) is 5.06 Å². The van der Waals surface area contributed by atoms with Gasteiger partial charge in [0.15, 0.2) is 0 Å². The van der Waals surface area contributed by atoms with Gasteiger partial charge in [0.1, 0.15) is 24.5 Å². The molecule has 4 rings (SSSR count). The zero-order valence-electron chi connectivity index (χ0n) is 27.7. The van der Waals surface area contributed by atoms with Crippen molar-refractivity contribution in [3.05, 3.63) is 65.7 Å². The van der Waals surface area contributed by atoms with E-state index in [4.69, 9.17) is 9.57 Å². The van der Waals surface area contributed by atoms with E-state index < -0.39 is 17.4 Å². The number of amides is 4. The molecule has 0 spiro atoms. The molecule has 4 amide bonds. The van der Waals surface area contributed by atoms with Gasteiger partial charge in [0, 0.05) is 38.5 Å². The van der Waals surface area contributed by atoms with Gasteiger partial charge in [0.05, 0.1) is 12.5 Å². The first-order chi connectivity index (χ1) is 22.1. The third kappa shape index (κ3) is 10.0. The molecule has 2 aliphatic rings. The van der Waals surface area contributed by atoms with Gasteiger partial charge in [0.2, 0.25) is 18.2 Å². The fraction of sp³-hybridized carbons (Fsp3) is 0.556. The van der Waals surface area contributed by atoms with Crippen molar-refractivity contribution in [1.29, 1.82) is 0 Å². The lowest BCUT2D eigenvalue weighted by molar-refractivity contribution is -0.182. The van der Waals surface area contributed by atoms with Crippen LogP contribution in [-0.4, -0.2) is 72.9 Å². The van der Waals surface area contributed by atoms with E-state index >= 15 is 0 Å². The highest BCUT2D eigenvalue weighted by Crippen LogP contribution is 2.32. The fourth-order valence-corrected chi connectivity index (χ4v) is 6.30. The van der Waals surface area contributed by atoms with Crippen molar-refractivity contribution >= 4 is 24.1 Å². The number of benzene rings is 2. The predicted molar refractivity (Wildman–Crippen MR) is 176 cm³/mol. The quantitative estimate of drug-likeness (QED) is 0.229. The monoisotopic (exact) mass is 634 g/mol. The predicted octanol–water partition coefficient (Wildman–Crippen LogP) is 4.73. The number of piperidine rings is 1. The number of hydroxylamine groups is 2. The van der Waals surface area contributed by atoms with Crippen LogP contribution in [0.4, 0.5) is 0 Å². The molecule has 2 aromatic carbocycles. The van der Waals surface area contributed by atoms with Crippen molar-refractivity contribution in [2.75, 3.05) is 26.7 Å². The van der Waals surface area contributed by atoms with E-state index in [9.17, 15) is 19.2 Å². The Morgan fingerprint density at radius 1 is 0.978 bits per heavy atom. The summed E-state index contributed by atoms with van der Waals surface area (Å²) < 4.78 is 6.15. The molecular weight excluding hydrogens is 584 g/mol. The highest BCUT2D eigenvalue weighted by Gasteiger charge is 2.39.